The number of carboxylic acid groups (broad SMARTS) is 1. The molecule has 0 spiro atoms. The fourth-order valence-electron chi connectivity index (χ4n) is 4.35. The number of fused-ring (bicyclic) bond motifs is 2. The molecule has 4 aromatic rings. The van der Waals surface area contributed by atoms with Gasteiger partial charge in [-0.1, -0.05) is 25.5 Å². The molecule has 0 amide bonds. The Kier molecular flexibility index (Phi) is 5.20. The predicted molar refractivity (Wildman–Crippen MR) is 117 cm³/mol. The second kappa shape index (κ2) is 7.82. The van der Waals surface area contributed by atoms with Gasteiger partial charge in [-0.25, -0.2) is 9.78 Å². The van der Waals surface area contributed by atoms with Crippen LogP contribution in [0.4, 0.5) is 0 Å². The van der Waals surface area contributed by atoms with E-state index in [1.165, 1.54) is 4.57 Å². The van der Waals surface area contributed by atoms with Gasteiger partial charge in [-0.05, 0) is 42.7 Å². The topological polar surface area (TPSA) is 82.0 Å². The van der Waals surface area contributed by atoms with Gasteiger partial charge in [-0.2, -0.15) is 0 Å². The van der Waals surface area contributed by atoms with E-state index >= 15 is 0 Å². The summed E-state index contributed by atoms with van der Waals surface area (Å²) in [6.07, 6.45) is 4.96. The average Bonchev–Trinajstić information content (AvgIpc) is 3.18. The highest BCUT2D eigenvalue weighted by molar-refractivity contribution is 5.87. The summed E-state index contributed by atoms with van der Waals surface area (Å²) in [6, 6.07) is 9.85. The molecule has 3 aromatic heterocycles. The third-order valence-corrected chi connectivity index (χ3v) is 5.79. The molecule has 1 unspecified atom stereocenters. The number of aromatic nitrogens is 4. The number of pyridine rings is 1. The van der Waals surface area contributed by atoms with E-state index in [1.807, 2.05) is 26.1 Å². The van der Waals surface area contributed by atoms with Gasteiger partial charge >= 0.3 is 11.7 Å². The van der Waals surface area contributed by atoms with Crippen LogP contribution in [0.25, 0.3) is 22.1 Å². The number of nitrogens with zero attached hydrogens (tertiary/aromatic N) is 4. The molecule has 0 radical (unpaired) electrons. The molecule has 0 aliphatic carbocycles. The zero-order valence-corrected chi connectivity index (χ0v) is 17.5. The third kappa shape index (κ3) is 3.30. The maximum atomic E-state index is 13.4. The van der Waals surface area contributed by atoms with Gasteiger partial charge in [0.15, 0.2) is 5.65 Å². The number of hydrogen-bond donors (Lipinski definition) is 1. The molecule has 30 heavy (non-hydrogen) atoms. The van der Waals surface area contributed by atoms with Crippen molar-refractivity contribution in [1.29, 1.82) is 0 Å². The summed E-state index contributed by atoms with van der Waals surface area (Å²) in [6.45, 7) is 4.55. The summed E-state index contributed by atoms with van der Waals surface area (Å²) in [4.78, 5) is 29.5. The smallest absolute Gasteiger partial charge is 0.330 e. The van der Waals surface area contributed by atoms with Gasteiger partial charge in [0.1, 0.15) is 0 Å². The lowest BCUT2D eigenvalue weighted by molar-refractivity contribution is -0.142. The van der Waals surface area contributed by atoms with Gasteiger partial charge in [0.05, 0.1) is 18.0 Å². The van der Waals surface area contributed by atoms with Crippen LogP contribution in [-0.2, 0) is 24.9 Å². The fraction of sp³-hybridized carbons (Fsp3) is 0.348. The maximum Gasteiger partial charge on any atom is 0.330 e. The van der Waals surface area contributed by atoms with Crippen LogP contribution >= 0.6 is 0 Å². The van der Waals surface area contributed by atoms with Crippen LogP contribution in [0.5, 0.6) is 0 Å². The highest BCUT2D eigenvalue weighted by Crippen LogP contribution is 2.26. The van der Waals surface area contributed by atoms with Gasteiger partial charge in [0.25, 0.3) is 0 Å². The molecule has 1 N–H and O–H groups in total. The van der Waals surface area contributed by atoms with Crippen molar-refractivity contribution >= 4 is 28.0 Å². The first-order chi connectivity index (χ1) is 14.4. The minimum Gasteiger partial charge on any atom is -0.481 e. The quantitative estimate of drug-likeness (QED) is 0.509. The lowest BCUT2D eigenvalue weighted by Crippen LogP contribution is -2.30. The van der Waals surface area contributed by atoms with Crippen molar-refractivity contribution in [3.8, 4) is 0 Å². The van der Waals surface area contributed by atoms with Crippen LogP contribution in [0.3, 0.4) is 0 Å². The van der Waals surface area contributed by atoms with Gasteiger partial charge < -0.3 is 9.67 Å². The van der Waals surface area contributed by atoms with Crippen LogP contribution in [0.15, 0.2) is 47.5 Å². The first-order valence-electron chi connectivity index (χ1n) is 10.2. The number of rotatable bonds is 7. The lowest BCUT2D eigenvalue weighted by atomic mass is 10.0. The molecular weight excluding hydrogens is 380 g/mol. The summed E-state index contributed by atoms with van der Waals surface area (Å²) in [7, 11) is 2.00. The fourth-order valence-corrected chi connectivity index (χ4v) is 4.35. The van der Waals surface area contributed by atoms with Crippen molar-refractivity contribution in [2.75, 3.05) is 0 Å². The number of imidazole rings is 1. The summed E-state index contributed by atoms with van der Waals surface area (Å²) in [5, 5.41) is 10.7. The Balaban J connectivity index is 1.84. The standard InChI is InChI=1S/C23H26N4O3/c1-4-7-16(22(28)29)13-27-21-19(10-6-11-24-21)26(23(27)30)14-17-12-25(3)18-9-5-8-15(2)20(17)18/h5-6,8-12,16H,4,7,13-14H2,1-3H3,(H,28,29). The minimum absolute atomic E-state index is 0.122. The van der Waals surface area contributed by atoms with E-state index in [2.05, 4.69) is 34.8 Å². The molecule has 3 heterocycles. The first-order valence-corrected chi connectivity index (χ1v) is 10.2. The Morgan fingerprint density at radius 3 is 2.67 bits per heavy atom. The summed E-state index contributed by atoms with van der Waals surface area (Å²) in [5.41, 5.74) is 4.35. The van der Waals surface area contributed by atoms with Crippen molar-refractivity contribution < 1.29 is 9.90 Å². The van der Waals surface area contributed by atoms with Crippen LogP contribution in [0.1, 0.15) is 30.9 Å². The van der Waals surface area contributed by atoms with E-state index in [0.717, 1.165) is 28.5 Å². The van der Waals surface area contributed by atoms with Gasteiger partial charge in [-0.15, -0.1) is 0 Å². The summed E-state index contributed by atoms with van der Waals surface area (Å²) >= 11 is 0. The van der Waals surface area contributed by atoms with Crippen molar-refractivity contribution in [2.24, 2.45) is 13.0 Å². The van der Waals surface area contributed by atoms with E-state index in [4.69, 9.17) is 0 Å². The third-order valence-electron chi connectivity index (χ3n) is 5.79. The molecular formula is C23H26N4O3. The van der Waals surface area contributed by atoms with E-state index in [-0.39, 0.29) is 12.2 Å². The predicted octanol–water partition coefficient (Wildman–Crippen LogP) is 3.55. The Morgan fingerprint density at radius 1 is 1.17 bits per heavy atom. The highest BCUT2D eigenvalue weighted by atomic mass is 16.4. The Hall–Kier alpha value is -3.35. The number of aliphatic carboxylic acids is 1. The van der Waals surface area contributed by atoms with Crippen molar-refractivity contribution in [1.82, 2.24) is 18.7 Å². The number of benzene rings is 1. The molecule has 4 rings (SSSR count). The first kappa shape index (κ1) is 19.9. The van der Waals surface area contributed by atoms with Crippen molar-refractivity contribution in [2.45, 2.75) is 39.8 Å². The van der Waals surface area contributed by atoms with E-state index in [9.17, 15) is 14.7 Å². The van der Waals surface area contributed by atoms with E-state index < -0.39 is 11.9 Å². The van der Waals surface area contributed by atoms with E-state index in [1.54, 1.807) is 16.8 Å². The molecule has 0 saturated carbocycles. The maximum absolute atomic E-state index is 13.4. The SMILES string of the molecule is CCCC(Cn1c(=O)n(Cc2cn(C)c3cccc(C)c23)c2cccnc21)C(=O)O. The highest BCUT2D eigenvalue weighted by Gasteiger charge is 2.22. The zero-order valence-electron chi connectivity index (χ0n) is 17.5. The molecule has 0 fully saturated rings. The second-order valence-electron chi connectivity index (χ2n) is 7.88. The van der Waals surface area contributed by atoms with Crippen molar-refractivity contribution in [3.63, 3.8) is 0 Å². The second-order valence-corrected chi connectivity index (χ2v) is 7.88. The van der Waals surface area contributed by atoms with Crippen LogP contribution in [-0.4, -0.2) is 29.8 Å². The Bertz CT molecular complexity index is 1300. The normalized spacial score (nSPS) is 12.6. The largest absolute Gasteiger partial charge is 0.481 e. The zero-order chi connectivity index (χ0) is 21.4. The summed E-state index contributed by atoms with van der Waals surface area (Å²) < 4.78 is 5.29. The number of carboxylic acids is 1. The molecule has 0 aliphatic heterocycles. The van der Waals surface area contributed by atoms with Crippen molar-refractivity contribution in [3.05, 3.63) is 64.3 Å². The molecule has 0 bridgehead atoms. The number of carbonyl (C=O) groups is 1. The molecule has 7 heteroatoms. The molecule has 0 aliphatic rings. The van der Waals surface area contributed by atoms with Crippen LogP contribution in [0, 0.1) is 12.8 Å². The lowest BCUT2D eigenvalue weighted by Gasteiger charge is -2.11. The molecule has 156 valence electrons. The molecule has 7 nitrogen and oxygen atoms in total. The average molecular weight is 406 g/mol. The number of hydrogen-bond acceptors (Lipinski definition) is 3. The van der Waals surface area contributed by atoms with Gasteiger partial charge in [0, 0.05) is 36.9 Å². The molecule has 1 aromatic carbocycles. The molecule has 0 saturated heterocycles. The number of aryl methyl sites for hydroxylation is 2. The summed E-state index contributed by atoms with van der Waals surface area (Å²) in [5.74, 6) is -1.50. The monoisotopic (exact) mass is 406 g/mol. The van der Waals surface area contributed by atoms with Crippen LogP contribution < -0.4 is 5.69 Å². The molecule has 1 atom stereocenters. The minimum atomic E-state index is -0.884. The van der Waals surface area contributed by atoms with Crippen LogP contribution in [0.2, 0.25) is 0 Å². The Labute approximate surface area is 174 Å². The van der Waals surface area contributed by atoms with Gasteiger partial charge in [0.2, 0.25) is 0 Å². The van der Waals surface area contributed by atoms with Gasteiger partial charge in [-0.3, -0.25) is 13.9 Å². The Morgan fingerprint density at radius 2 is 1.93 bits per heavy atom. The van der Waals surface area contributed by atoms with E-state index in [0.29, 0.717) is 24.1 Å².